The van der Waals surface area contributed by atoms with E-state index in [0.29, 0.717) is 18.4 Å². The highest BCUT2D eigenvalue weighted by molar-refractivity contribution is 7.90. The van der Waals surface area contributed by atoms with Gasteiger partial charge < -0.3 is 15.5 Å². The van der Waals surface area contributed by atoms with Crippen molar-refractivity contribution in [1.29, 1.82) is 0 Å². The summed E-state index contributed by atoms with van der Waals surface area (Å²) in [5.41, 5.74) is 0.0617. The highest BCUT2D eigenvalue weighted by Crippen LogP contribution is 2.76. The van der Waals surface area contributed by atoms with Gasteiger partial charge in [-0.3, -0.25) is 0 Å². The third kappa shape index (κ3) is 4.57. The molecular weight excluding hydrogens is 536 g/mol. The zero-order chi connectivity index (χ0) is 30.0. The molecule has 7 nitrogen and oxygen atoms in total. The van der Waals surface area contributed by atoms with E-state index in [-0.39, 0.29) is 56.5 Å². The van der Waals surface area contributed by atoms with Crippen LogP contribution in [0.3, 0.4) is 0 Å². The molecule has 5 rings (SSSR count). The van der Waals surface area contributed by atoms with Crippen molar-refractivity contribution in [3.8, 4) is 0 Å². The lowest BCUT2D eigenvalue weighted by atomic mass is 9.35. The number of carbonyl (C=O) groups is 1. The van der Waals surface area contributed by atoms with Gasteiger partial charge in [0.2, 0.25) is 0 Å². The molecule has 0 saturated heterocycles. The van der Waals surface area contributed by atoms with Gasteiger partial charge in [-0.2, -0.15) is 0 Å². The van der Waals surface area contributed by atoms with Gasteiger partial charge in [-0.1, -0.05) is 66.2 Å². The number of benzene rings is 1. The maximum absolute atomic E-state index is 12.7. The molecule has 1 aromatic rings. The summed E-state index contributed by atoms with van der Waals surface area (Å²) in [6.07, 6.45) is 7.21. The number of hydrogen-bond donors (Lipinski definition) is 4. The highest BCUT2D eigenvalue weighted by Gasteiger charge is 2.71. The molecule has 11 atom stereocenters. The minimum Gasteiger partial charge on any atom is -0.393 e. The van der Waals surface area contributed by atoms with Gasteiger partial charge in [0, 0.05) is 6.54 Å². The summed E-state index contributed by atoms with van der Waals surface area (Å²) >= 11 is 0. The fourth-order valence-corrected chi connectivity index (χ4v) is 11.7. The molecule has 0 aromatic heterocycles. The topological polar surface area (TPSA) is 116 Å². The molecule has 0 heterocycles. The third-order valence-corrected chi connectivity index (χ3v) is 15.2. The molecule has 4 N–H and O–H groups in total. The molecule has 230 valence electrons. The minimum atomic E-state index is -3.93. The maximum atomic E-state index is 12.7. The Bertz CT molecular complexity index is 1240. The number of nitrogens with one attached hydrogen (secondary N) is 2. The van der Waals surface area contributed by atoms with E-state index < -0.39 is 16.1 Å². The monoisotopic (exact) mass is 588 g/mol. The second-order valence-corrected chi connectivity index (χ2v) is 16.7. The fraction of sp³-hybridized carbons (Fsp3) is 0.788. The normalized spacial score (nSPS) is 44.7. The van der Waals surface area contributed by atoms with E-state index in [1.165, 1.54) is 12.1 Å². The molecule has 4 aliphatic rings. The van der Waals surface area contributed by atoms with E-state index in [2.05, 4.69) is 51.6 Å². The number of carbonyl (C=O) groups excluding carboxylic acids is 1. The Morgan fingerprint density at radius 3 is 2.27 bits per heavy atom. The number of aliphatic hydroxyl groups excluding tert-OH is 2. The summed E-state index contributed by atoms with van der Waals surface area (Å²) < 4.78 is 27.4. The molecule has 41 heavy (non-hydrogen) atoms. The first-order chi connectivity index (χ1) is 19.1. The van der Waals surface area contributed by atoms with E-state index in [0.717, 1.165) is 51.4 Å². The van der Waals surface area contributed by atoms with Crippen molar-refractivity contribution in [3.05, 3.63) is 30.3 Å². The zero-order valence-electron chi connectivity index (χ0n) is 25.8. The molecule has 1 aromatic carbocycles. The third-order valence-electron chi connectivity index (χ3n) is 13.8. The van der Waals surface area contributed by atoms with Crippen LogP contribution >= 0.6 is 0 Å². The van der Waals surface area contributed by atoms with Crippen LogP contribution in [0.2, 0.25) is 0 Å². The Kier molecular flexibility index (Phi) is 7.90. The van der Waals surface area contributed by atoms with Crippen molar-refractivity contribution in [2.75, 3.05) is 6.54 Å². The molecule has 4 aliphatic carbocycles. The summed E-state index contributed by atoms with van der Waals surface area (Å²) in [5.74, 6) is 1.27. The molecule has 0 spiro atoms. The Morgan fingerprint density at radius 2 is 1.61 bits per heavy atom. The van der Waals surface area contributed by atoms with Gasteiger partial charge in [-0.25, -0.2) is 17.9 Å². The van der Waals surface area contributed by atoms with Gasteiger partial charge in [0.1, 0.15) is 0 Å². The van der Waals surface area contributed by atoms with Crippen LogP contribution in [-0.4, -0.2) is 43.4 Å². The smallest absolute Gasteiger partial charge is 0.328 e. The predicted octanol–water partition coefficient (Wildman–Crippen LogP) is 5.72. The number of hydrogen-bond acceptors (Lipinski definition) is 5. The van der Waals surface area contributed by atoms with E-state index in [9.17, 15) is 23.4 Å². The summed E-state index contributed by atoms with van der Waals surface area (Å²) in [6.45, 7) is 14.5. The minimum absolute atomic E-state index is 0.00150. The average molecular weight is 589 g/mol. The van der Waals surface area contributed by atoms with Gasteiger partial charge >= 0.3 is 6.03 Å². The number of fused-ring (bicyclic) bond motifs is 5. The lowest BCUT2D eigenvalue weighted by molar-refractivity contribution is -0.253. The Labute approximate surface area is 247 Å². The molecule has 2 amide bonds. The lowest BCUT2D eigenvalue weighted by Gasteiger charge is -2.70. The molecule has 3 unspecified atom stereocenters. The second-order valence-electron chi connectivity index (χ2n) is 15.0. The van der Waals surface area contributed by atoms with Crippen LogP contribution < -0.4 is 10.0 Å². The van der Waals surface area contributed by atoms with Crippen LogP contribution in [0.5, 0.6) is 0 Å². The van der Waals surface area contributed by atoms with Gasteiger partial charge in [0.15, 0.2) is 0 Å². The van der Waals surface area contributed by atoms with Gasteiger partial charge in [0.25, 0.3) is 10.0 Å². The molecule has 0 radical (unpaired) electrons. The van der Waals surface area contributed by atoms with Crippen molar-refractivity contribution in [2.24, 2.45) is 51.2 Å². The van der Waals surface area contributed by atoms with Crippen LogP contribution in [0.1, 0.15) is 92.9 Å². The van der Waals surface area contributed by atoms with Crippen LogP contribution in [0.4, 0.5) is 4.79 Å². The van der Waals surface area contributed by atoms with E-state index in [4.69, 9.17) is 0 Å². The number of amides is 2. The molecule has 4 saturated carbocycles. The van der Waals surface area contributed by atoms with Crippen LogP contribution in [0.15, 0.2) is 35.2 Å². The van der Waals surface area contributed by atoms with Crippen LogP contribution in [0, 0.1) is 51.2 Å². The first kappa shape index (κ1) is 30.8. The number of rotatable bonds is 6. The van der Waals surface area contributed by atoms with Crippen molar-refractivity contribution in [2.45, 2.75) is 110 Å². The van der Waals surface area contributed by atoms with E-state index in [1.807, 2.05) is 0 Å². The molecule has 0 bridgehead atoms. The van der Waals surface area contributed by atoms with Gasteiger partial charge in [0.05, 0.1) is 17.1 Å². The Morgan fingerprint density at radius 1 is 0.951 bits per heavy atom. The number of sulfonamides is 1. The second kappa shape index (κ2) is 10.5. The molecule has 0 aliphatic heterocycles. The Balaban J connectivity index is 1.34. The standard InChI is InChI=1S/C33H52N2O5S/c1-7-24-26-19-22(36)13-15-31(26,4)33(6)18-17-32(5)25(27(33)28(24)37)14-16-30(32,3)21(2)20-34-29(38)35-41(39,40)23-11-9-8-10-12-23/h8-12,21-22,24-28,36-37H,7,13-20H2,1-6H3,(H2,34,35,38)/t21-,22-,24-,25+,26?,27?,28-,30-,31?,32+,33+/m1/s1. The van der Waals surface area contributed by atoms with Crippen molar-refractivity contribution in [3.63, 3.8) is 0 Å². The number of urea groups is 1. The first-order valence-electron chi connectivity index (χ1n) is 15.9. The highest BCUT2D eigenvalue weighted by atomic mass is 32.2. The predicted molar refractivity (Wildman–Crippen MR) is 160 cm³/mol. The quantitative estimate of drug-likeness (QED) is 0.339. The average Bonchev–Trinajstić information content (AvgIpc) is 3.20. The molecule has 4 fully saturated rings. The first-order valence-corrected chi connectivity index (χ1v) is 17.3. The summed E-state index contributed by atoms with van der Waals surface area (Å²) in [5, 5.41) is 25.6. The largest absolute Gasteiger partial charge is 0.393 e. The molecular formula is C33H52N2O5S. The van der Waals surface area contributed by atoms with Gasteiger partial charge in [-0.15, -0.1) is 0 Å². The summed E-state index contributed by atoms with van der Waals surface area (Å²) in [4.78, 5) is 12.8. The summed E-state index contributed by atoms with van der Waals surface area (Å²) in [7, 11) is -3.93. The van der Waals surface area contributed by atoms with Crippen molar-refractivity contribution < 1.29 is 23.4 Å². The Hall–Kier alpha value is -1.64. The van der Waals surface area contributed by atoms with Crippen LogP contribution in [-0.2, 0) is 10.0 Å². The van der Waals surface area contributed by atoms with E-state index >= 15 is 0 Å². The van der Waals surface area contributed by atoms with E-state index in [1.54, 1.807) is 18.2 Å². The maximum Gasteiger partial charge on any atom is 0.328 e. The SMILES string of the molecule is CC[C@@H]1C2C[C@H](O)CCC2(C)[C@@]2(C)CC[C@@]3(C)[C@@H](CC[C@]3(C)[C@H](C)CNC(=O)NS(=O)(=O)c3ccccc3)C2[C@@H]1O. The van der Waals surface area contributed by atoms with Gasteiger partial charge in [-0.05, 0) is 108 Å². The van der Waals surface area contributed by atoms with Crippen LogP contribution in [0.25, 0.3) is 0 Å². The lowest BCUT2D eigenvalue weighted by Crippen LogP contribution is -2.67. The molecule has 8 heteroatoms. The number of aliphatic hydroxyl groups is 2. The summed E-state index contributed by atoms with van der Waals surface area (Å²) in [6, 6.07) is 7.23. The zero-order valence-corrected chi connectivity index (χ0v) is 26.6. The fourth-order valence-electron chi connectivity index (χ4n) is 10.7. The van der Waals surface area contributed by atoms with Crippen molar-refractivity contribution >= 4 is 16.1 Å². The van der Waals surface area contributed by atoms with Crippen molar-refractivity contribution in [1.82, 2.24) is 10.0 Å².